The number of fused-ring (bicyclic) bond motifs is 1. The first-order valence-electron chi connectivity index (χ1n) is 10.3. The standard InChI is InChI=1S/C24H22N4O4S/c1-2-32-17-10-8-16(9-11-17)28-22(30)13-21(23(28)31)33-24(25)27-26-14-19-18-6-4-3-5-15(18)7-12-20(19)29/h3-12,14,21,29H,2,13H2,1H3,(H2,25,27)/b26-14+. The quantitative estimate of drug-likeness (QED) is 0.250. The third-order valence-electron chi connectivity index (χ3n) is 5.06. The van der Waals surface area contributed by atoms with E-state index in [2.05, 4.69) is 10.2 Å². The van der Waals surface area contributed by atoms with Gasteiger partial charge in [0, 0.05) is 12.0 Å². The summed E-state index contributed by atoms with van der Waals surface area (Å²) < 4.78 is 5.40. The van der Waals surface area contributed by atoms with E-state index in [4.69, 9.17) is 10.5 Å². The molecule has 0 aliphatic carbocycles. The number of amidine groups is 1. The van der Waals surface area contributed by atoms with Gasteiger partial charge in [0.25, 0.3) is 0 Å². The predicted octanol–water partition coefficient (Wildman–Crippen LogP) is 3.66. The second kappa shape index (κ2) is 9.74. The molecule has 0 aromatic heterocycles. The van der Waals surface area contributed by atoms with Crippen molar-refractivity contribution < 1.29 is 19.4 Å². The number of aromatic hydroxyl groups is 1. The molecule has 9 heteroatoms. The molecule has 1 atom stereocenters. The first-order chi connectivity index (χ1) is 16.0. The van der Waals surface area contributed by atoms with E-state index in [9.17, 15) is 14.7 Å². The Morgan fingerprint density at radius 2 is 1.94 bits per heavy atom. The van der Waals surface area contributed by atoms with Crippen LogP contribution in [0.1, 0.15) is 18.9 Å². The lowest BCUT2D eigenvalue weighted by Gasteiger charge is -2.15. The molecule has 3 aromatic carbocycles. The number of carbonyl (C=O) groups is 2. The van der Waals surface area contributed by atoms with Crippen LogP contribution in [0, 0.1) is 0 Å². The monoisotopic (exact) mass is 462 g/mol. The molecule has 3 N–H and O–H groups in total. The van der Waals surface area contributed by atoms with E-state index in [1.165, 1.54) is 6.21 Å². The van der Waals surface area contributed by atoms with Gasteiger partial charge < -0.3 is 15.6 Å². The zero-order chi connectivity index (χ0) is 23.4. The van der Waals surface area contributed by atoms with Crippen LogP contribution >= 0.6 is 11.8 Å². The van der Waals surface area contributed by atoms with Crippen LogP contribution in [-0.2, 0) is 9.59 Å². The number of benzene rings is 3. The molecular formula is C24H22N4O4S. The van der Waals surface area contributed by atoms with Crippen LogP contribution in [0.3, 0.4) is 0 Å². The molecule has 168 valence electrons. The summed E-state index contributed by atoms with van der Waals surface area (Å²) in [5.74, 6) is 0.0702. The number of phenolic OH excluding ortho intramolecular Hbond substituents is 1. The third-order valence-corrected chi connectivity index (χ3v) is 6.04. The van der Waals surface area contributed by atoms with Crippen LogP contribution in [0.25, 0.3) is 10.8 Å². The smallest absolute Gasteiger partial charge is 0.247 e. The van der Waals surface area contributed by atoms with Crippen LogP contribution < -0.4 is 15.4 Å². The number of amides is 2. The van der Waals surface area contributed by atoms with E-state index >= 15 is 0 Å². The molecule has 0 saturated carbocycles. The highest BCUT2D eigenvalue weighted by atomic mass is 32.2. The predicted molar refractivity (Wildman–Crippen MR) is 131 cm³/mol. The fourth-order valence-corrected chi connectivity index (χ4v) is 4.38. The van der Waals surface area contributed by atoms with Gasteiger partial charge in [-0.25, -0.2) is 4.90 Å². The summed E-state index contributed by atoms with van der Waals surface area (Å²) in [6.45, 7) is 2.41. The molecule has 1 heterocycles. The maximum absolute atomic E-state index is 12.8. The number of imide groups is 1. The molecule has 8 nitrogen and oxygen atoms in total. The molecule has 33 heavy (non-hydrogen) atoms. The minimum absolute atomic E-state index is 0.0146. The van der Waals surface area contributed by atoms with E-state index < -0.39 is 5.25 Å². The lowest BCUT2D eigenvalue weighted by molar-refractivity contribution is -0.121. The number of thioether (sulfide) groups is 1. The molecule has 0 bridgehead atoms. The molecule has 0 spiro atoms. The van der Waals surface area contributed by atoms with Crippen LogP contribution in [-0.4, -0.2) is 40.2 Å². The van der Waals surface area contributed by atoms with Crippen LogP contribution in [0.4, 0.5) is 5.69 Å². The van der Waals surface area contributed by atoms with Gasteiger partial charge in [0.2, 0.25) is 11.8 Å². The van der Waals surface area contributed by atoms with E-state index in [0.29, 0.717) is 23.6 Å². The van der Waals surface area contributed by atoms with Crippen molar-refractivity contribution in [1.82, 2.24) is 0 Å². The van der Waals surface area contributed by atoms with Gasteiger partial charge in [-0.2, -0.15) is 5.10 Å². The van der Waals surface area contributed by atoms with Crippen LogP contribution in [0.2, 0.25) is 0 Å². The molecule has 0 radical (unpaired) electrons. The molecule has 4 rings (SSSR count). The van der Waals surface area contributed by atoms with Gasteiger partial charge in [0.1, 0.15) is 16.7 Å². The first kappa shape index (κ1) is 22.3. The van der Waals surface area contributed by atoms with Crippen LogP contribution in [0.5, 0.6) is 11.5 Å². The number of hydrogen-bond acceptors (Lipinski definition) is 7. The zero-order valence-electron chi connectivity index (χ0n) is 17.8. The highest BCUT2D eigenvalue weighted by molar-refractivity contribution is 8.14. The number of phenols is 1. The second-order valence-corrected chi connectivity index (χ2v) is 8.43. The van der Waals surface area contributed by atoms with E-state index in [-0.39, 0.29) is 29.2 Å². The van der Waals surface area contributed by atoms with Crippen molar-refractivity contribution >= 4 is 51.4 Å². The summed E-state index contributed by atoms with van der Waals surface area (Å²) in [5.41, 5.74) is 6.95. The van der Waals surface area contributed by atoms with Gasteiger partial charge in [0.15, 0.2) is 5.17 Å². The first-order valence-corrected chi connectivity index (χ1v) is 11.2. The highest BCUT2D eigenvalue weighted by Gasteiger charge is 2.40. The maximum Gasteiger partial charge on any atom is 0.247 e. The topological polar surface area (TPSA) is 118 Å². The average molecular weight is 463 g/mol. The number of nitrogens with zero attached hydrogens (tertiary/aromatic N) is 3. The lowest BCUT2D eigenvalue weighted by Crippen LogP contribution is -2.31. The number of carbonyl (C=O) groups excluding carboxylic acids is 2. The minimum Gasteiger partial charge on any atom is -0.507 e. The Morgan fingerprint density at radius 1 is 1.18 bits per heavy atom. The fourth-order valence-electron chi connectivity index (χ4n) is 3.56. The number of anilines is 1. The van der Waals surface area contributed by atoms with Crippen molar-refractivity contribution in [3.05, 3.63) is 66.2 Å². The normalized spacial score (nSPS) is 16.8. The Morgan fingerprint density at radius 3 is 2.70 bits per heavy atom. The Hall–Kier alpha value is -3.85. The number of hydrogen-bond donors (Lipinski definition) is 2. The van der Waals surface area contributed by atoms with Gasteiger partial charge in [-0.1, -0.05) is 42.1 Å². The minimum atomic E-state index is -0.686. The van der Waals surface area contributed by atoms with Gasteiger partial charge >= 0.3 is 0 Å². The van der Waals surface area contributed by atoms with Gasteiger partial charge in [-0.05, 0) is 48.0 Å². The molecule has 1 saturated heterocycles. The average Bonchev–Trinajstić information content (AvgIpc) is 3.08. The molecule has 1 aliphatic heterocycles. The Labute approximate surface area is 194 Å². The van der Waals surface area contributed by atoms with E-state index in [0.717, 1.165) is 27.4 Å². The molecule has 1 aliphatic rings. The van der Waals surface area contributed by atoms with Crippen molar-refractivity contribution in [3.63, 3.8) is 0 Å². The van der Waals surface area contributed by atoms with Crippen molar-refractivity contribution in [3.8, 4) is 11.5 Å². The van der Waals surface area contributed by atoms with Gasteiger partial charge in [-0.3, -0.25) is 9.59 Å². The highest BCUT2D eigenvalue weighted by Crippen LogP contribution is 2.31. The summed E-state index contributed by atoms with van der Waals surface area (Å²) in [6, 6.07) is 17.8. The van der Waals surface area contributed by atoms with Crippen molar-refractivity contribution in [1.29, 1.82) is 0 Å². The molecule has 2 amide bonds. The largest absolute Gasteiger partial charge is 0.507 e. The summed E-state index contributed by atoms with van der Waals surface area (Å²) in [4.78, 5) is 26.4. The number of ether oxygens (including phenoxy) is 1. The van der Waals surface area contributed by atoms with Gasteiger partial charge in [0.05, 0.1) is 18.5 Å². The maximum atomic E-state index is 12.8. The number of nitrogens with two attached hydrogens (primary N) is 1. The van der Waals surface area contributed by atoms with Crippen molar-refractivity contribution in [2.45, 2.75) is 18.6 Å². The summed E-state index contributed by atoms with van der Waals surface area (Å²) in [5, 5.41) is 19.2. The van der Waals surface area contributed by atoms with Crippen molar-refractivity contribution in [2.75, 3.05) is 11.5 Å². The zero-order valence-corrected chi connectivity index (χ0v) is 18.7. The summed E-state index contributed by atoms with van der Waals surface area (Å²) in [7, 11) is 0. The third kappa shape index (κ3) is 4.83. The van der Waals surface area contributed by atoms with Crippen molar-refractivity contribution in [2.24, 2.45) is 15.9 Å². The molecule has 1 fully saturated rings. The van der Waals surface area contributed by atoms with Crippen LogP contribution in [0.15, 0.2) is 70.9 Å². The number of rotatable bonds is 6. The lowest BCUT2D eigenvalue weighted by atomic mass is 10.0. The second-order valence-electron chi connectivity index (χ2n) is 7.21. The molecular weight excluding hydrogens is 440 g/mol. The summed E-state index contributed by atoms with van der Waals surface area (Å²) >= 11 is 0.986. The fraction of sp³-hybridized carbons (Fsp3) is 0.167. The molecule has 1 unspecified atom stereocenters. The Kier molecular flexibility index (Phi) is 6.60. The Balaban J connectivity index is 1.45. The van der Waals surface area contributed by atoms with E-state index in [1.54, 1.807) is 30.3 Å². The molecule has 3 aromatic rings. The van der Waals surface area contributed by atoms with E-state index in [1.807, 2.05) is 37.3 Å². The Bertz CT molecular complexity index is 1260. The SMILES string of the molecule is CCOc1ccc(N2C(=O)CC(SC(N)=N/N=C/c3c(O)ccc4ccccc34)C2=O)cc1. The van der Waals surface area contributed by atoms with Gasteiger partial charge in [-0.15, -0.1) is 5.10 Å². The summed E-state index contributed by atoms with van der Waals surface area (Å²) in [6.07, 6.45) is 1.43.